The van der Waals surface area contributed by atoms with Gasteiger partial charge in [0.1, 0.15) is 5.82 Å². The van der Waals surface area contributed by atoms with Crippen LogP contribution in [0.2, 0.25) is 0 Å². The molecule has 90 valence electrons. The molecule has 0 atom stereocenters. The molecule has 1 aromatic carbocycles. The molecule has 0 saturated heterocycles. The van der Waals surface area contributed by atoms with Crippen LogP contribution < -0.4 is 0 Å². The summed E-state index contributed by atoms with van der Waals surface area (Å²) in [6.45, 7) is 0. The Morgan fingerprint density at radius 2 is 2.11 bits per heavy atom. The Kier molecular flexibility index (Phi) is 2.48. The van der Waals surface area contributed by atoms with Gasteiger partial charge < -0.3 is 8.98 Å². The zero-order chi connectivity index (χ0) is 12.5. The Hall–Kier alpha value is -2.36. The second kappa shape index (κ2) is 4.14. The summed E-state index contributed by atoms with van der Waals surface area (Å²) in [7, 11) is 1.92. The van der Waals surface area contributed by atoms with Crippen molar-refractivity contribution in [2.24, 2.45) is 7.05 Å². The summed E-state index contributed by atoms with van der Waals surface area (Å²) in [5.41, 5.74) is 1.93. The van der Waals surface area contributed by atoms with Gasteiger partial charge >= 0.3 is 0 Å². The molecular formula is C14H12N2O2. The first-order valence-electron chi connectivity index (χ1n) is 5.73. The van der Waals surface area contributed by atoms with Gasteiger partial charge in [-0.3, -0.25) is 4.79 Å². The Bertz CT molecular complexity index is 696. The van der Waals surface area contributed by atoms with Crippen LogP contribution in [0.3, 0.4) is 0 Å². The predicted octanol–water partition coefficient (Wildman–Crippen LogP) is 2.59. The summed E-state index contributed by atoms with van der Waals surface area (Å²) < 4.78 is 7.04. The summed E-state index contributed by atoms with van der Waals surface area (Å²) in [6.07, 6.45) is 1.75. The van der Waals surface area contributed by atoms with E-state index in [9.17, 15) is 4.79 Å². The van der Waals surface area contributed by atoms with E-state index >= 15 is 0 Å². The van der Waals surface area contributed by atoms with Crippen molar-refractivity contribution in [1.29, 1.82) is 0 Å². The minimum absolute atomic E-state index is 0.0570. The van der Waals surface area contributed by atoms with Gasteiger partial charge in [-0.2, -0.15) is 0 Å². The lowest BCUT2D eigenvalue weighted by Crippen LogP contribution is -2.07. The normalized spacial score (nSPS) is 10.9. The Morgan fingerprint density at radius 1 is 1.28 bits per heavy atom. The van der Waals surface area contributed by atoms with Gasteiger partial charge in [-0.05, 0) is 24.3 Å². The van der Waals surface area contributed by atoms with E-state index in [2.05, 4.69) is 4.98 Å². The molecule has 0 saturated carbocycles. The largest absolute Gasteiger partial charge is 0.461 e. The smallest absolute Gasteiger partial charge is 0.205 e. The van der Waals surface area contributed by atoms with E-state index in [1.165, 1.54) is 6.26 Å². The molecule has 0 aliphatic rings. The van der Waals surface area contributed by atoms with Gasteiger partial charge in [0.05, 0.1) is 23.7 Å². The van der Waals surface area contributed by atoms with E-state index < -0.39 is 0 Å². The molecule has 2 aromatic heterocycles. The number of furan rings is 1. The SMILES string of the molecule is Cn1c(CC(=O)c2ccco2)nc2ccccc21. The average Bonchev–Trinajstić information content (AvgIpc) is 3.00. The van der Waals surface area contributed by atoms with Crippen LogP contribution in [0.1, 0.15) is 16.4 Å². The summed E-state index contributed by atoms with van der Waals surface area (Å²) in [6, 6.07) is 11.2. The molecule has 0 fully saturated rings. The molecule has 18 heavy (non-hydrogen) atoms. The molecule has 0 bridgehead atoms. The molecule has 0 spiro atoms. The molecule has 3 rings (SSSR count). The number of para-hydroxylation sites is 2. The minimum atomic E-state index is -0.0570. The third-order valence-electron chi connectivity index (χ3n) is 2.99. The summed E-state index contributed by atoms with van der Waals surface area (Å²) in [5, 5.41) is 0. The maximum Gasteiger partial charge on any atom is 0.205 e. The lowest BCUT2D eigenvalue weighted by molar-refractivity contribution is 0.0963. The van der Waals surface area contributed by atoms with Crippen molar-refractivity contribution in [3.63, 3.8) is 0 Å². The van der Waals surface area contributed by atoms with Crippen LogP contribution in [0, 0.1) is 0 Å². The van der Waals surface area contributed by atoms with Crippen molar-refractivity contribution in [2.45, 2.75) is 6.42 Å². The van der Waals surface area contributed by atoms with Gasteiger partial charge in [-0.25, -0.2) is 4.98 Å². The molecule has 0 amide bonds. The van der Waals surface area contributed by atoms with E-state index in [1.54, 1.807) is 12.1 Å². The van der Waals surface area contributed by atoms with Crippen molar-refractivity contribution in [3.05, 3.63) is 54.2 Å². The number of nitrogens with zero attached hydrogens (tertiary/aromatic N) is 2. The zero-order valence-electron chi connectivity index (χ0n) is 9.96. The number of Topliss-reactive ketones (excluding diaryl/α,β-unsaturated/α-hetero) is 1. The standard InChI is InChI=1S/C14H12N2O2/c1-16-11-6-3-2-5-10(11)15-14(16)9-12(17)13-7-4-8-18-13/h2-8H,9H2,1H3. The van der Waals surface area contributed by atoms with Crippen molar-refractivity contribution in [3.8, 4) is 0 Å². The first-order valence-corrected chi connectivity index (χ1v) is 5.73. The van der Waals surface area contributed by atoms with E-state index in [4.69, 9.17) is 4.42 Å². The monoisotopic (exact) mass is 240 g/mol. The number of fused-ring (bicyclic) bond motifs is 1. The fourth-order valence-electron chi connectivity index (χ4n) is 2.02. The van der Waals surface area contributed by atoms with Gasteiger partial charge in [-0.15, -0.1) is 0 Å². The molecule has 0 aliphatic carbocycles. The van der Waals surface area contributed by atoms with Crippen molar-refractivity contribution < 1.29 is 9.21 Å². The Labute approximate surface area is 104 Å². The number of carbonyl (C=O) groups is 1. The second-order valence-corrected chi connectivity index (χ2v) is 4.15. The third-order valence-corrected chi connectivity index (χ3v) is 2.99. The number of imidazole rings is 1. The van der Waals surface area contributed by atoms with E-state index in [-0.39, 0.29) is 12.2 Å². The fourth-order valence-corrected chi connectivity index (χ4v) is 2.02. The number of aryl methyl sites for hydroxylation is 1. The molecule has 0 unspecified atom stereocenters. The highest BCUT2D eigenvalue weighted by Crippen LogP contribution is 2.15. The van der Waals surface area contributed by atoms with Crippen LogP contribution >= 0.6 is 0 Å². The van der Waals surface area contributed by atoms with E-state index in [0.29, 0.717) is 5.76 Å². The van der Waals surface area contributed by atoms with Crippen LogP contribution in [0.15, 0.2) is 47.1 Å². The van der Waals surface area contributed by atoms with Gasteiger partial charge in [0, 0.05) is 7.05 Å². The number of hydrogen-bond acceptors (Lipinski definition) is 3. The first kappa shape index (κ1) is 10.8. The Morgan fingerprint density at radius 3 is 2.83 bits per heavy atom. The fraction of sp³-hybridized carbons (Fsp3) is 0.143. The highest BCUT2D eigenvalue weighted by Gasteiger charge is 2.14. The molecule has 4 heteroatoms. The first-order chi connectivity index (χ1) is 8.75. The summed E-state index contributed by atoms with van der Waals surface area (Å²) >= 11 is 0. The highest BCUT2D eigenvalue weighted by atomic mass is 16.3. The molecule has 2 heterocycles. The van der Waals surface area contributed by atoms with E-state index in [1.807, 2.05) is 35.9 Å². The van der Waals surface area contributed by atoms with Crippen LogP contribution in [0.5, 0.6) is 0 Å². The molecule has 4 nitrogen and oxygen atoms in total. The lowest BCUT2D eigenvalue weighted by Gasteiger charge is -2.00. The van der Waals surface area contributed by atoms with Gasteiger partial charge in [-0.1, -0.05) is 12.1 Å². The third kappa shape index (κ3) is 1.72. The van der Waals surface area contributed by atoms with Crippen LogP contribution in [-0.2, 0) is 13.5 Å². The molecule has 3 aromatic rings. The summed E-state index contributed by atoms with van der Waals surface area (Å²) in [5.74, 6) is 1.07. The van der Waals surface area contributed by atoms with Gasteiger partial charge in [0.15, 0.2) is 5.76 Å². The number of hydrogen-bond donors (Lipinski definition) is 0. The quantitative estimate of drug-likeness (QED) is 0.661. The van der Waals surface area contributed by atoms with Crippen molar-refractivity contribution in [2.75, 3.05) is 0 Å². The lowest BCUT2D eigenvalue weighted by atomic mass is 10.2. The highest BCUT2D eigenvalue weighted by molar-refractivity contribution is 5.95. The second-order valence-electron chi connectivity index (χ2n) is 4.15. The number of benzene rings is 1. The molecular weight excluding hydrogens is 228 g/mol. The number of carbonyl (C=O) groups excluding carboxylic acids is 1. The molecule has 0 radical (unpaired) electrons. The maximum absolute atomic E-state index is 12.0. The van der Waals surface area contributed by atoms with Crippen LogP contribution in [0.25, 0.3) is 11.0 Å². The minimum Gasteiger partial charge on any atom is -0.461 e. The Balaban J connectivity index is 1.96. The average molecular weight is 240 g/mol. The van der Waals surface area contributed by atoms with Gasteiger partial charge in [0.25, 0.3) is 0 Å². The maximum atomic E-state index is 12.0. The number of aromatic nitrogens is 2. The number of ketones is 1. The van der Waals surface area contributed by atoms with Crippen LogP contribution in [0.4, 0.5) is 0 Å². The van der Waals surface area contributed by atoms with E-state index in [0.717, 1.165) is 16.9 Å². The number of rotatable bonds is 3. The zero-order valence-corrected chi connectivity index (χ0v) is 9.96. The molecule has 0 N–H and O–H groups in total. The topological polar surface area (TPSA) is 48.0 Å². The van der Waals surface area contributed by atoms with Crippen molar-refractivity contribution >= 4 is 16.8 Å². The summed E-state index contributed by atoms with van der Waals surface area (Å²) in [4.78, 5) is 16.4. The van der Waals surface area contributed by atoms with Gasteiger partial charge in [0.2, 0.25) is 5.78 Å². The van der Waals surface area contributed by atoms with Crippen molar-refractivity contribution in [1.82, 2.24) is 9.55 Å². The predicted molar refractivity (Wildman–Crippen MR) is 67.5 cm³/mol. The molecule has 0 aliphatic heterocycles. The van der Waals surface area contributed by atoms with Crippen LogP contribution in [-0.4, -0.2) is 15.3 Å².